The van der Waals surface area contributed by atoms with Gasteiger partial charge >= 0.3 is 11.9 Å². The van der Waals surface area contributed by atoms with Crippen molar-refractivity contribution >= 4 is 58.5 Å². The molecule has 0 bridgehead atoms. The number of carboxylic acid groups (broad SMARTS) is 2. The van der Waals surface area contributed by atoms with Crippen LogP contribution in [0.4, 0.5) is 34.1 Å². The molecule has 0 aliphatic heterocycles. The molecule has 4 N–H and O–H groups in total. The first-order chi connectivity index (χ1) is 22.3. The number of carboxylic acids is 2. The van der Waals surface area contributed by atoms with Gasteiger partial charge in [0.05, 0.1) is 33.9 Å². The van der Waals surface area contributed by atoms with Crippen LogP contribution in [0.2, 0.25) is 0 Å². The lowest BCUT2D eigenvalue weighted by Crippen LogP contribution is -1.96. The number of hydrogen-bond acceptors (Lipinski definition) is 10. The molecule has 0 unspecified atom stereocenters. The number of hydrogen-bond donors (Lipinski definition) is 4. The molecule has 12 nitrogen and oxygen atoms in total. The number of aromatic carboxylic acids is 2. The Bertz CT molecular complexity index is 1890. The molecule has 0 spiro atoms. The molecule has 0 atom stereocenters. The summed E-state index contributed by atoms with van der Waals surface area (Å²) in [5.41, 5.74) is 3.17. The van der Waals surface area contributed by atoms with Gasteiger partial charge < -0.3 is 20.4 Å². The number of phenols is 2. The highest BCUT2D eigenvalue weighted by molar-refractivity contribution is 5.96. The van der Waals surface area contributed by atoms with Crippen LogP contribution < -0.4 is 0 Å². The largest absolute Gasteiger partial charge is 0.506 e. The minimum atomic E-state index is -1.09. The van der Waals surface area contributed by atoms with Crippen molar-refractivity contribution in [1.82, 2.24) is 0 Å². The van der Waals surface area contributed by atoms with Crippen LogP contribution in [0.3, 0.4) is 0 Å². The summed E-state index contributed by atoms with van der Waals surface area (Å²) in [5.74, 6) is -2.38. The Morgan fingerprint density at radius 2 is 0.870 bits per heavy atom. The lowest BCUT2D eigenvalue weighted by Gasteiger charge is -2.02. The van der Waals surface area contributed by atoms with E-state index in [9.17, 15) is 30.0 Å². The monoisotopic (exact) mass is 612 g/mol. The number of rotatable bonds is 10. The van der Waals surface area contributed by atoms with Gasteiger partial charge in [0, 0.05) is 12.4 Å². The standard InChI is InChI=1S/C34H24N6O6/c41-31-15-9-21(19-35-27-7-3-1-5-25(27)33(43)44)17-29(31)39-37-23-11-13-24(14-12-23)38-40-30-18-22(10-16-32(30)42)20-36-28-8-4-2-6-26(28)34(45)46/h1-20,41-42H,(H,43,44)(H,45,46). The fraction of sp³-hybridized carbons (Fsp3) is 0. The van der Waals surface area contributed by atoms with Gasteiger partial charge in [-0.2, -0.15) is 10.2 Å². The smallest absolute Gasteiger partial charge is 0.337 e. The molecule has 226 valence electrons. The number of benzene rings is 5. The summed E-state index contributed by atoms with van der Waals surface area (Å²) < 4.78 is 0. The summed E-state index contributed by atoms with van der Waals surface area (Å²) in [4.78, 5) is 31.3. The van der Waals surface area contributed by atoms with E-state index in [1.54, 1.807) is 84.9 Å². The van der Waals surface area contributed by atoms with Crippen LogP contribution in [0.25, 0.3) is 0 Å². The molecule has 0 aliphatic rings. The van der Waals surface area contributed by atoms with Crippen molar-refractivity contribution < 1.29 is 30.0 Å². The lowest BCUT2D eigenvalue weighted by molar-refractivity contribution is 0.0687. The third-order valence-electron chi connectivity index (χ3n) is 6.37. The van der Waals surface area contributed by atoms with Gasteiger partial charge in [-0.05, 0) is 96.1 Å². The summed E-state index contributed by atoms with van der Waals surface area (Å²) >= 11 is 0. The van der Waals surface area contributed by atoms with Crippen molar-refractivity contribution in [1.29, 1.82) is 0 Å². The van der Waals surface area contributed by atoms with E-state index in [4.69, 9.17) is 0 Å². The van der Waals surface area contributed by atoms with Crippen molar-refractivity contribution in [2.75, 3.05) is 0 Å². The van der Waals surface area contributed by atoms with E-state index >= 15 is 0 Å². The molecule has 12 heteroatoms. The van der Waals surface area contributed by atoms with Gasteiger partial charge in [0.25, 0.3) is 0 Å². The highest BCUT2D eigenvalue weighted by Gasteiger charge is 2.09. The number of nitrogens with zero attached hydrogens (tertiary/aromatic N) is 6. The third kappa shape index (κ3) is 7.76. The molecule has 5 aromatic carbocycles. The summed E-state index contributed by atoms with van der Waals surface area (Å²) in [6.07, 6.45) is 2.94. The molecule has 0 saturated carbocycles. The van der Waals surface area contributed by atoms with Crippen molar-refractivity contribution in [3.05, 3.63) is 131 Å². The van der Waals surface area contributed by atoms with Crippen molar-refractivity contribution in [2.24, 2.45) is 30.4 Å². The van der Waals surface area contributed by atoms with Crippen LogP contribution in [0, 0.1) is 0 Å². The summed E-state index contributed by atoms with van der Waals surface area (Å²) in [5, 5.41) is 55.7. The number of carbonyl (C=O) groups is 2. The minimum absolute atomic E-state index is 0.0663. The van der Waals surface area contributed by atoms with E-state index in [0.29, 0.717) is 33.9 Å². The maximum absolute atomic E-state index is 11.4. The van der Waals surface area contributed by atoms with Crippen LogP contribution in [-0.4, -0.2) is 44.8 Å². The molecule has 5 rings (SSSR count). The summed E-state index contributed by atoms with van der Waals surface area (Å²) in [6.45, 7) is 0. The van der Waals surface area contributed by atoms with Crippen molar-refractivity contribution in [2.45, 2.75) is 0 Å². The van der Waals surface area contributed by atoms with E-state index < -0.39 is 11.9 Å². The zero-order chi connectivity index (χ0) is 32.5. The molecule has 46 heavy (non-hydrogen) atoms. The van der Waals surface area contributed by atoms with Gasteiger partial charge in [0.1, 0.15) is 22.9 Å². The van der Waals surface area contributed by atoms with E-state index in [1.807, 2.05) is 0 Å². The van der Waals surface area contributed by atoms with Crippen LogP contribution in [0.15, 0.2) is 140 Å². The van der Waals surface area contributed by atoms with Gasteiger partial charge in [0.2, 0.25) is 0 Å². The number of azo groups is 2. The Balaban J connectivity index is 1.27. The first kappa shape index (κ1) is 30.6. The zero-order valence-electron chi connectivity index (χ0n) is 23.8. The predicted octanol–water partition coefficient (Wildman–Crippen LogP) is 8.83. The molecule has 0 amide bonds. The van der Waals surface area contributed by atoms with Crippen LogP contribution in [0.5, 0.6) is 11.5 Å². The van der Waals surface area contributed by atoms with E-state index in [2.05, 4.69) is 30.4 Å². The van der Waals surface area contributed by atoms with Gasteiger partial charge in [0.15, 0.2) is 0 Å². The second-order valence-electron chi connectivity index (χ2n) is 9.57. The average Bonchev–Trinajstić information content (AvgIpc) is 3.07. The van der Waals surface area contributed by atoms with Crippen LogP contribution in [0.1, 0.15) is 31.8 Å². The van der Waals surface area contributed by atoms with Gasteiger partial charge in [-0.3, -0.25) is 9.98 Å². The van der Waals surface area contributed by atoms with Crippen LogP contribution >= 0.6 is 0 Å². The molecule has 0 fully saturated rings. The molecule has 0 saturated heterocycles. The number of aromatic hydroxyl groups is 2. The quantitative estimate of drug-likeness (QED) is 0.0899. The molecule has 0 aliphatic carbocycles. The molecular formula is C34H24N6O6. The van der Waals surface area contributed by atoms with Gasteiger partial charge in [-0.15, -0.1) is 10.2 Å². The molecular weight excluding hydrogens is 588 g/mol. The molecule has 5 aromatic rings. The van der Waals surface area contributed by atoms with Gasteiger partial charge in [-0.1, -0.05) is 24.3 Å². The van der Waals surface area contributed by atoms with E-state index in [0.717, 1.165) is 0 Å². The zero-order valence-corrected chi connectivity index (χ0v) is 23.8. The van der Waals surface area contributed by atoms with Crippen LogP contribution in [-0.2, 0) is 0 Å². The van der Waals surface area contributed by atoms with Crippen molar-refractivity contribution in [3.63, 3.8) is 0 Å². The molecule has 0 heterocycles. The Kier molecular flexibility index (Phi) is 9.39. The summed E-state index contributed by atoms with van der Waals surface area (Å²) in [6, 6.07) is 28.5. The minimum Gasteiger partial charge on any atom is -0.506 e. The normalized spacial score (nSPS) is 11.7. The fourth-order valence-corrected chi connectivity index (χ4v) is 4.03. The van der Waals surface area contributed by atoms with E-state index in [1.165, 1.54) is 36.7 Å². The molecule has 0 radical (unpaired) electrons. The first-order valence-electron chi connectivity index (χ1n) is 13.6. The maximum Gasteiger partial charge on any atom is 0.337 e. The lowest BCUT2D eigenvalue weighted by atomic mass is 10.1. The number of para-hydroxylation sites is 2. The third-order valence-corrected chi connectivity index (χ3v) is 6.37. The predicted molar refractivity (Wildman–Crippen MR) is 172 cm³/mol. The summed E-state index contributed by atoms with van der Waals surface area (Å²) in [7, 11) is 0. The highest BCUT2D eigenvalue weighted by atomic mass is 16.4. The first-order valence-corrected chi connectivity index (χ1v) is 13.6. The fourth-order valence-electron chi connectivity index (χ4n) is 4.03. The SMILES string of the molecule is O=C(O)c1ccccc1N=Cc1ccc(O)c(N=Nc2ccc(N=Nc3cc(C=Nc4ccccc4C(=O)O)ccc3O)cc2)c1. The molecule has 0 aromatic heterocycles. The Hall–Kier alpha value is -6.82. The van der Waals surface area contributed by atoms with Crippen molar-refractivity contribution in [3.8, 4) is 11.5 Å². The Morgan fingerprint density at radius 3 is 1.26 bits per heavy atom. The van der Waals surface area contributed by atoms with E-state index in [-0.39, 0.29) is 34.0 Å². The average molecular weight is 613 g/mol. The maximum atomic E-state index is 11.4. The Morgan fingerprint density at radius 1 is 0.478 bits per heavy atom. The second kappa shape index (κ2) is 14.1. The number of aliphatic imine (C=N–C) groups is 2. The topological polar surface area (TPSA) is 189 Å². The number of phenolic OH excluding ortho intramolecular Hbond substituents is 2. The second-order valence-corrected chi connectivity index (χ2v) is 9.57. The van der Waals surface area contributed by atoms with Gasteiger partial charge in [-0.25, -0.2) is 9.59 Å². The highest BCUT2D eigenvalue weighted by Crippen LogP contribution is 2.32. The Labute approximate surface area is 261 Å².